The lowest BCUT2D eigenvalue weighted by Gasteiger charge is -2.04. The Morgan fingerprint density at radius 2 is 0.583 bits per heavy atom. The minimum Gasteiger partial charge on any atom is -0.285 e. The van der Waals surface area contributed by atoms with E-state index in [1.807, 2.05) is 43.0 Å². The van der Waals surface area contributed by atoms with Crippen LogP contribution in [0.15, 0.2) is 317 Å². The number of nitrogens with zero attached hydrogens (tertiary/aromatic N) is 15. The van der Waals surface area contributed by atoms with Crippen molar-refractivity contribution in [2.75, 3.05) is 0 Å². The Balaban J connectivity index is 0.0000000831. The van der Waals surface area contributed by atoms with Crippen LogP contribution < -0.4 is 45.5 Å². The fourth-order valence-corrected chi connectivity index (χ4v) is 20.0. The summed E-state index contributed by atoms with van der Waals surface area (Å²) in [5, 5.41) is 15.8. The van der Waals surface area contributed by atoms with Crippen molar-refractivity contribution < 1.29 is 45.5 Å². The molecule has 0 atom stereocenters. The average Bonchev–Trinajstić information content (AvgIpc) is 0.990. The summed E-state index contributed by atoms with van der Waals surface area (Å²) < 4.78 is 29.0. The molecular weight excluding hydrogens is 1410 g/mol. The van der Waals surface area contributed by atoms with E-state index in [9.17, 15) is 0 Å². The molecule has 5 aliphatic rings. The van der Waals surface area contributed by atoms with Crippen molar-refractivity contribution in [1.82, 2.24) is 23.2 Å². The molecule has 17 heteroatoms. The van der Waals surface area contributed by atoms with Gasteiger partial charge in [0.15, 0.2) is 83.2 Å². The van der Waals surface area contributed by atoms with Crippen molar-refractivity contribution in [2.45, 2.75) is 32.7 Å². The van der Waals surface area contributed by atoms with Crippen LogP contribution in [0.5, 0.6) is 0 Å². The van der Waals surface area contributed by atoms with E-state index in [1.165, 1.54) is 176 Å². The maximum absolute atomic E-state index is 6.28. The standard InChI is InChI=1S/C22H17N3.C21H16N4.C20H13BN4.C18H14N2.C17H11BN2/c1-23-12-11-16-13-24-14-19(15-7-3-2-4-8-15)25-18-10-6-5-9-17(18)21(23)20(16)22(24)25;1-23-11-9-15-12-24-13-17(14-6-3-2-4-7-14)25-16-8-5-10-22-19(16)20(23)18(15)21(24)25;21-24-10-8-14-11-23-12-16(13-5-2-1-3-6-13)25-15-7-4-9-22-18(15)19(24)17(14)20(23)25;1-19-10-8-12-11-20-9-4-7-15-13-5-2-3-6-14(13)17(19)16(12)18(15)20;18-20-9-7-11-10-19-8-3-6-13-12-4-1-2-5-14(12)17(20)15(11)16(13)19/h2-12,14H,13H2,1H3;2-11,13H,12H2,1H3;1-10,12H,11H2;2-10H,11H2,1H3;1-9H,10H2/q5*+2. The van der Waals surface area contributed by atoms with Crippen LogP contribution in [0, 0.1) is 0 Å². The third-order valence-electron chi connectivity index (χ3n) is 24.8. The summed E-state index contributed by atoms with van der Waals surface area (Å²) in [6.07, 6.45) is 25.3. The van der Waals surface area contributed by atoms with E-state index in [-0.39, 0.29) is 0 Å². The lowest BCUT2D eigenvalue weighted by Crippen LogP contribution is -2.32. The minimum absolute atomic E-state index is 0.860. The Labute approximate surface area is 660 Å². The molecule has 0 fully saturated rings. The van der Waals surface area contributed by atoms with Gasteiger partial charge in [0.1, 0.15) is 104 Å². The van der Waals surface area contributed by atoms with Crippen molar-refractivity contribution >= 4 is 164 Å². The zero-order valence-electron chi connectivity index (χ0n) is 63.4. The zero-order valence-corrected chi connectivity index (χ0v) is 63.4. The van der Waals surface area contributed by atoms with Gasteiger partial charge < -0.3 is 0 Å². The Morgan fingerprint density at radius 1 is 0.261 bits per heavy atom. The van der Waals surface area contributed by atoms with E-state index < -0.39 is 0 Å². The molecule has 8 aromatic carbocycles. The Morgan fingerprint density at radius 3 is 1.07 bits per heavy atom. The Hall–Kier alpha value is -14.6. The van der Waals surface area contributed by atoms with E-state index in [0.717, 1.165) is 65.8 Å². The minimum atomic E-state index is 0.860. The first-order valence-electron chi connectivity index (χ1n) is 39.3. The van der Waals surface area contributed by atoms with Gasteiger partial charge in [-0.25, -0.2) is 32.8 Å². The molecule has 15 nitrogen and oxygen atoms in total. The van der Waals surface area contributed by atoms with E-state index in [0.29, 0.717) is 0 Å². The summed E-state index contributed by atoms with van der Waals surface area (Å²) in [6, 6.07) is 85.8. The van der Waals surface area contributed by atoms with Crippen LogP contribution in [0.3, 0.4) is 0 Å². The number of aromatic nitrogens is 15. The Bertz CT molecular complexity index is 7570. The molecule has 0 bridgehead atoms. The lowest BCUT2D eigenvalue weighted by atomic mass is 9.98. The van der Waals surface area contributed by atoms with E-state index >= 15 is 0 Å². The van der Waals surface area contributed by atoms with Gasteiger partial charge in [-0.05, 0) is 60.7 Å². The molecule has 115 heavy (non-hydrogen) atoms. The second-order valence-corrected chi connectivity index (χ2v) is 31.1. The van der Waals surface area contributed by atoms with Crippen LogP contribution in [0.1, 0.15) is 27.8 Å². The van der Waals surface area contributed by atoms with E-state index in [2.05, 4.69) is 350 Å². The summed E-state index contributed by atoms with van der Waals surface area (Å²) >= 11 is 0. The summed E-state index contributed by atoms with van der Waals surface area (Å²) in [4.78, 5) is 9.42. The van der Waals surface area contributed by atoms with Gasteiger partial charge in [-0.15, -0.1) is 0 Å². The molecule has 0 unspecified atom stereocenters. The van der Waals surface area contributed by atoms with Crippen molar-refractivity contribution in [3.8, 4) is 33.8 Å². The van der Waals surface area contributed by atoms with Crippen LogP contribution in [0.4, 0.5) is 0 Å². The fourth-order valence-electron chi connectivity index (χ4n) is 20.0. The molecule has 5 aliphatic heterocycles. The molecule has 20 heterocycles. The second kappa shape index (κ2) is 24.7. The van der Waals surface area contributed by atoms with Crippen LogP contribution in [-0.4, -0.2) is 39.1 Å². The van der Waals surface area contributed by atoms with Gasteiger partial charge >= 0.3 is 32.9 Å². The van der Waals surface area contributed by atoms with Crippen LogP contribution >= 0.6 is 0 Å². The first-order valence-corrected chi connectivity index (χ1v) is 39.3. The predicted molar refractivity (Wildman–Crippen MR) is 450 cm³/mol. The van der Waals surface area contributed by atoms with Gasteiger partial charge in [-0.1, -0.05) is 140 Å². The number of para-hydroxylation sites is 1. The number of pyridine rings is 12. The van der Waals surface area contributed by atoms with Gasteiger partial charge in [-0.2, -0.15) is 26.9 Å². The molecule has 0 saturated heterocycles. The summed E-state index contributed by atoms with van der Waals surface area (Å²) in [5.41, 5.74) is 32.1. The van der Waals surface area contributed by atoms with Gasteiger partial charge in [0.2, 0.25) is 33.1 Å². The second-order valence-electron chi connectivity index (χ2n) is 31.1. The first kappa shape index (κ1) is 65.2. The normalized spacial score (nSPS) is 12.9. The zero-order chi connectivity index (χ0) is 76.2. The molecule has 23 aromatic rings. The SMILES string of the molecule is C[n+]1ccc2c3c1c1ccccc1c1ccc[n+](c13)C2.C[n+]1ccc2c3c1c1ccccc1n1c(-c4ccccc4)c[n+](c31)C2.C[n+]1ccc2c3c1c1ncccc1n1c(-c4ccccc4)c[n+](c31)C2.[B][n+]1ccc2c3c1c1ccccc1c1ccc[n+](c13)C2.[B][n+]1ccc2c3c1c1ncccc1n1c(-c4ccccc4)c[n+](c31)C2. The van der Waals surface area contributed by atoms with Gasteiger partial charge in [-0.3, -0.25) is 8.96 Å². The number of rotatable bonds is 3. The maximum Gasteiger partial charge on any atom is 0.586 e. The topological polar surface area (TPSA) is 77.8 Å². The highest BCUT2D eigenvalue weighted by molar-refractivity contribution is 6.24. The lowest BCUT2D eigenvalue weighted by molar-refractivity contribution is -0.658. The van der Waals surface area contributed by atoms with Gasteiger partial charge in [0.05, 0.1) is 26.9 Å². The Kier molecular flexibility index (Phi) is 14.0. The molecule has 15 aromatic heterocycles. The molecule has 0 saturated carbocycles. The molecule has 28 rings (SSSR count). The van der Waals surface area contributed by atoms with Crippen LogP contribution in [-0.2, 0) is 53.9 Å². The number of hydrogen-bond donors (Lipinski definition) is 0. The smallest absolute Gasteiger partial charge is 0.285 e. The number of hydrogen-bond acceptors (Lipinski definition) is 2. The quantitative estimate of drug-likeness (QED) is 0.100. The highest BCUT2D eigenvalue weighted by Gasteiger charge is 2.40. The highest BCUT2D eigenvalue weighted by Crippen LogP contribution is 2.41. The van der Waals surface area contributed by atoms with E-state index in [4.69, 9.17) is 20.9 Å². The summed E-state index contributed by atoms with van der Waals surface area (Å²) in [5.74, 6) is 0. The van der Waals surface area contributed by atoms with Crippen molar-refractivity contribution in [3.05, 3.63) is 345 Å². The van der Waals surface area contributed by atoms with Gasteiger partial charge in [0, 0.05) is 110 Å². The summed E-state index contributed by atoms with van der Waals surface area (Å²) in [7, 11) is 18.9. The summed E-state index contributed by atoms with van der Waals surface area (Å²) in [6.45, 7) is 4.64. The molecule has 0 N–H and O–H groups in total. The fraction of sp³-hybridized carbons (Fsp3) is 0.0816. The van der Waals surface area contributed by atoms with Crippen molar-refractivity contribution in [2.24, 2.45) is 21.1 Å². The number of benzene rings is 8. The van der Waals surface area contributed by atoms with Crippen LogP contribution in [0.25, 0.3) is 182 Å². The third-order valence-corrected chi connectivity index (χ3v) is 24.8. The molecule has 4 radical (unpaired) electrons. The largest absolute Gasteiger partial charge is 0.586 e. The van der Waals surface area contributed by atoms with E-state index in [1.54, 1.807) is 8.96 Å². The number of aryl methyl sites for hydroxylation is 3. The van der Waals surface area contributed by atoms with Crippen LogP contribution in [0.2, 0.25) is 0 Å². The highest BCUT2D eigenvalue weighted by atomic mass is 15.2. The van der Waals surface area contributed by atoms with Gasteiger partial charge in [0.25, 0.3) is 5.52 Å². The molecule has 0 amide bonds. The molecule has 0 aliphatic carbocycles. The maximum atomic E-state index is 6.28. The predicted octanol–water partition coefficient (Wildman–Crippen LogP) is 13.0. The van der Waals surface area contributed by atoms with Crippen molar-refractivity contribution in [1.29, 1.82) is 0 Å². The average molecular weight is 1480 g/mol. The number of imidazole rings is 3. The number of fused-ring (bicyclic) bond motifs is 15. The van der Waals surface area contributed by atoms with Crippen molar-refractivity contribution in [3.63, 3.8) is 0 Å². The third kappa shape index (κ3) is 9.37. The molecular formula is C98H71B2N15+10. The first-order chi connectivity index (χ1) is 56.7. The molecule has 0 spiro atoms. The monoisotopic (exact) mass is 1480 g/mol. The molecule has 534 valence electrons.